The maximum atomic E-state index is 13.3. The number of imidazole rings is 1. The highest BCUT2D eigenvalue weighted by Gasteiger charge is 2.32. The van der Waals surface area contributed by atoms with Crippen LogP contribution in [0.3, 0.4) is 0 Å². The minimum Gasteiger partial charge on any atom is -0.444 e. The number of aromatic amines is 1. The minimum atomic E-state index is -0.598. The number of rotatable bonds is 6. The summed E-state index contributed by atoms with van der Waals surface area (Å²) in [4.78, 5) is 47.7. The van der Waals surface area contributed by atoms with Crippen molar-refractivity contribution in [2.45, 2.75) is 44.7 Å². The molecule has 0 unspecified atom stereocenters. The molecule has 3 N–H and O–H groups in total. The van der Waals surface area contributed by atoms with E-state index in [-0.39, 0.29) is 29.8 Å². The molecule has 2 aromatic carbocycles. The number of hydrogen-bond acceptors (Lipinski definition) is 6. The van der Waals surface area contributed by atoms with Gasteiger partial charge in [0.2, 0.25) is 0 Å². The Balaban J connectivity index is 1.39. The zero-order valence-electron chi connectivity index (χ0n) is 21.4. The standard InChI is InChI=1S/C26H29BrClN5O4S/c1-14(22-31-19-8-6-16(28)12-20(19)32-22)30-23(34)15-5-7-17(18(27)11-15)24(35)33-9-10-38-21(33)13-29-25(36)37-26(2,3)4/h5-8,11-12,14,21H,9-10,13H2,1-4H3,(H,29,36)(H,30,34)(H,31,32)/t14-,21+/m0/s1. The van der Waals surface area contributed by atoms with Crippen molar-refractivity contribution in [2.75, 3.05) is 18.8 Å². The molecule has 0 radical (unpaired) electrons. The van der Waals surface area contributed by atoms with Gasteiger partial charge in [0.15, 0.2) is 0 Å². The van der Waals surface area contributed by atoms with Crippen LogP contribution in [-0.2, 0) is 4.74 Å². The lowest BCUT2D eigenvalue weighted by Crippen LogP contribution is -2.43. The molecule has 1 aromatic heterocycles. The zero-order chi connectivity index (χ0) is 27.6. The second-order valence-corrected chi connectivity index (χ2v) is 12.5. The first kappa shape index (κ1) is 28.3. The Morgan fingerprint density at radius 1 is 1.26 bits per heavy atom. The summed E-state index contributed by atoms with van der Waals surface area (Å²) in [7, 11) is 0. The molecule has 2 atom stereocenters. The van der Waals surface area contributed by atoms with E-state index in [0.29, 0.717) is 33.0 Å². The molecule has 0 saturated carbocycles. The maximum Gasteiger partial charge on any atom is 0.407 e. The molecule has 1 aliphatic heterocycles. The van der Waals surface area contributed by atoms with Crippen LogP contribution >= 0.6 is 39.3 Å². The van der Waals surface area contributed by atoms with Crippen LogP contribution in [0.4, 0.5) is 4.79 Å². The Bertz CT molecular complexity index is 1380. The number of carbonyl (C=O) groups is 3. The molecule has 4 rings (SSSR count). The van der Waals surface area contributed by atoms with Gasteiger partial charge in [-0.2, -0.15) is 0 Å². The molecule has 3 aromatic rings. The van der Waals surface area contributed by atoms with Gasteiger partial charge in [0.25, 0.3) is 11.8 Å². The fraction of sp³-hybridized carbons (Fsp3) is 0.385. The number of nitrogens with zero attached hydrogens (tertiary/aromatic N) is 2. The maximum absolute atomic E-state index is 13.3. The van der Waals surface area contributed by atoms with Crippen molar-refractivity contribution in [3.05, 3.63) is 62.8 Å². The van der Waals surface area contributed by atoms with Crippen LogP contribution in [-0.4, -0.2) is 62.6 Å². The van der Waals surface area contributed by atoms with Crippen molar-refractivity contribution >= 4 is 68.2 Å². The molecule has 0 aliphatic carbocycles. The lowest BCUT2D eigenvalue weighted by Gasteiger charge is -2.26. The molecule has 1 saturated heterocycles. The van der Waals surface area contributed by atoms with Crippen molar-refractivity contribution < 1.29 is 19.1 Å². The predicted molar refractivity (Wildman–Crippen MR) is 153 cm³/mol. The lowest BCUT2D eigenvalue weighted by molar-refractivity contribution is 0.0511. The van der Waals surface area contributed by atoms with Crippen LogP contribution in [0.25, 0.3) is 11.0 Å². The smallest absolute Gasteiger partial charge is 0.407 e. The number of fused-ring (bicyclic) bond motifs is 1. The first-order valence-corrected chi connectivity index (χ1v) is 14.3. The molecule has 0 spiro atoms. The summed E-state index contributed by atoms with van der Waals surface area (Å²) in [5, 5.41) is 6.05. The molecular weight excluding hydrogens is 594 g/mol. The summed E-state index contributed by atoms with van der Waals surface area (Å²) in [6.45, 7) is 8.05. The van der Waals surface area contributed by atoms with Gasteiger partial charge in [-0.1, -0.05) is 11.6 Å². The third-order valence-electron chi connectivity index (χ3n) is 5.75. The summed E-state index contributed by atoms with van der Waals surface area (Å²) >= 11 is 11.1. The predicted octanol–water partition coefficient (Wildman–Crippen LogP) is 5.51. The molecule has 1 aliphatic rings. The number of alkyl carbamates (subject to hydrolysis) is 1. The Morgan fingerprint density at radius 2 is 2.03 bits per heavy atom. The quantitative estimate of drug-likeness (QED) is 0.334. The van der Waals surface area contributed by atoms with Gasteiger partial charge in [0.05, 0.1) is 34.6 Å². The first-order chi connectivity index (χ1) is 17.9. The van der Waals surface area contributed by atoms with Crippen molar-refractivity contribution in [3.8, 4) is 0 Å². The highest BCUT2D eigenvalue weighted by atomic mass is 79.9. The minimum absolute atomic E-state index is 0.181. The van der Waals surface area contributed by atoms with Gasteiger partial charge in [-0.15, -0.1) is 11.8 Å². The average Bonchev–Trinajstić information content (AvgIpc) is 3.48. The van der Waals surface area contributed by atoms with E-state index < -0.39 is 11.7 Å². The van der Waals surface area contributed by atoms with E-state index in [1.54, 1.807) is 67.8 Å². The number of hydrogen-bond donors (Lipinski definition) is 3. The summed E-state index contributed by atoms with van der Waals surface area (Å²) in [6.07, 6.45) is -0.519. The summed E-state index contributed by atoms with van der Waals surface area (Å²) in [6, 6.07) is 9.88. The van der Waals surface area contributed by atoms with Crippen LogP contribution < -0.4 is 10.6 Å². The number of halogens is 2. The molecule has 12 heteroatoms. The molecule has 202 valence electrons. The van der Waals surface area contributed by atoms with Gasteiger partial charge < -0.3 is 25.3 Å². The number of carbonyl (C=O) groups excluding carboxylic acids is 3. The van der Waals surface area contributed by atoms with Crippen molar-refractivity contribution in [1.82, 2.24) is 25.5 Å². The van der Waals surface area contributed by atoms with Crippen molar-refractivity contribution in [3.63, 3.8) is 0 Å². The van der Waals surface area contributed by atoms with Gasteiger partial charge in [-0.05, 0) is 80.0 Å². The van der Waals surface area contributed by atoms with E-state index in [0.717, 1.165) is 16.8 Å². The van der Waals surface area contributed by atoms with Gasteiger partial charge in [0.1, 0.15) is 11.4 Å². The van der Waals surface area contributed by atoms with E-state index >= 15 is 0 Å². The zero-order valence-corrected chi connectivity index (χ0v) is 24.6. The normalized spacial score (nSPS) is 16.4. The second kappa shape index (κ2) is 11.5. The van der Waals surface area contributed by atoms with Gasteiger partial charge in [0, 0.05) is 27.4 Å². The Morgan fingerprint density at radius 3 is 2.74 bits per heavy atom. The summed E-state index contributed by atoms with van der Waals surface area (Å²) < 4.78 is 5.80. The average molecular weight is 623 g/mol. The molecule has 38 heavy (non-hydrogen) atoms. The van der Waals surface area contributed by atoms with Crippen LogP contribution in [0.1, 0.15) is 60.3 Å². The third-order valence-corrected chi connectivity index (χ3v) is 7.87. The molecule has 0 bridgehead atoms. The fourth-order valence-corrected chi connectivity index (χ4v) is 5.82. The van der Waals surface area contributed by atoms with E-state index in [2.05, 4.69) is 36.5 Å². The van der Waals surface area contributed by atoms with Gasteiger partial charge >= 0.3 is 6.09 Å². The fourth-order valence-electron chi connectivity index (χ4n) is 3.94. The highest BCUT2D eigenvalue weighted by Crippen LogP contribution is 2.28. The molecular formula is C26H29BrClN5O4S. The van der Waals surface area contributed by atoms with Crippen molar-refractivity contribution in [1.29, 1.82) is 0 Å². The number of aromatic nitrogens is 2. The van der Waals surface area contributed by atoms with E-state index in [9.17, 15) is 14.4 Å². The largest absolute Gasteiger partial charge is 0.444 e. The molecule has 9 nitrogen and oxygen atoms in total. The Hall–Kier alpha value is -2.76. The SMILES string of the molecule is C[C@H](NC(=O)c1ccc(C(=O)N2CCS[C@@H]2CNC(=O)OC(C)(C)C)c(Br)c1)c1nc2cc(Cl)ccc2[nH]1. The van der Waals surface area contributed by atoms with E-state index in [1.807, 2.05) is 13.0 Å². The molecule has 1 fully saturated rings. The number of amides is 3. The molecule has 3 amide bonds. The van der Waals surface area contributed by atoms with Crippen molar-refractivity contribution in [2.24, 2.45) is 0 Å². The number of benzene rings is 2. The van der Waals surface area contributed by atoms with Crippen LogP contribution in [0.2, 0.25) is 5.02 Å². The van der Waals surface area contributed by atoms with Crippen LogP contribution in [0.15, 0.2) is 40.9 Å². The number of ether oxygens (including phenoxy) is 1. The van der Waals surface area contributed by atoms with E-state index in [1.165, 1.54) is 0 Å². The number of thioether (sulfide) groups is 1. The number of H-pyrrole nitrogens is 1. The van der Waals surface area contributed by atoms with Crippen LogP contribution in [0, 0.1) is 0 Å². The first-order valence-electron chi connectivity index (χ1n) is 12.1. The highest BCUT2D eigenvalue weighted by molar-refractivity contribution is 9.10. The van der Waals surface area contributed by atoms with E-state index in [4.69, 9.17) is 16.3 Å². The Kier molecular flexibility index (Phi) is 8.59. The third kappa shape index (κ3) is 6.81. The number of nitrogens with one attached hydrogen (secondary N) is 3. The topological polar surface area (TPSA) is 116 Å². The summed E-state index contributed by atoms with van der Waals surface area (Å²) in [5.41, 5.74) is 1.79. The van der Waals surface area contributed by atoms with Crippen LogP contribution in [0.5, 0.6) is 0 Å². The van der Waals surface area contributed by atoms with Gasteiger partial charge in [-0.3, -0.25) is 9.59 Å². The lowest BCUT2D eigenvalue weighted by atomic mass is 10.1. The second-order valence-electron chi connectivity index (χ2n) is 9.88. The monoisotopic (exact) mass is 621 g/mol. The Labute approximate surface area is 238 Å². The molecule has 2 heterocycles. The summed E-state index contributed by atoms with van der Waals surface area (Å²) in [5.74, 6) is 0.890. The van der Waals surface area contributed by atoms with Gasteiger partial charge in [-0.25, -0.2) is 9.78 Å².